The van der Waals surface area contributed by atoms with Crippen molar-refractivity contribution in [1.29, 1.82) is 0 Å². The van der Waals surface area contributed by atoms with E-state index in [-0.39, 0.29) is 30.6 Å². The number of halogens is 3. The molecular formula is C17H29Cl2FN2. The van der Waals surface area contributed by atoms with Crippen molar-refractivity contribution in [2.45, 2.75) is 52.2 Å². The maximum atomic E-state index is 13.0. The van der Waals surface area contributed by atoms with E-state index < -0.39 is 0 Å². The highest BCUT2D eigenvalue weighted by atomic mass is 35.5. The minimum atomic E-state index is -0.154. The average molecular weight is 351 g/mol. The van der Waals surface area contributed by atoms with Crippen LogP contribution in [0.4, 0.5) is 4.39 Å². The van der Waals surface area contributed by atoms with Gasteiger partial charge in [0.2, 0.25) is 0 Å². The van der Waals surface area contributed by atoms with Crippen LogP contribution < -0.4 is 5.32 Å². The topological polar surface area (TPSA) is 15.3 Å². The van der Waals surface area contributed by atoms with Crippen LogP contribution in [0.5, 0.6) is 0 Å². The number of nitrogens with one attached hydrogen (secondary N) is 1. The number of piperazine rings is 1. The number of hydrogen-bond donors (Lipinski definition) is 1. The Morgan fingerprint density at radius 3 is 2.41 bits per heavy atom. The molecule has 0 bridgehead atoms. The second kappa shape index (κ2) is 10.4. The van der Waals surface area contributed by atoms with Crippen LogP contribution in [0.1, 0.15) is 39.2 Å². The van der Waals surface area contributed by atoms with E-state index in [0.717, 1.165) is 19.6 Å². The van der Waals surface area contributed by atoms with Crippen LogP contribution in [-0.4, -0.2) is 30.1 Å². The summed E-state index contributed by atoms with van der Waals surface area (Å²) in [5.41, 5.74) is 1.20. The molecule has 1 N–H and O–H groups in total. The molecule has 0 spiro atoms. The molecule has 2 unspecified atom stereocenters. The third-order valence-corrected chi connectivity index (χ3v) is 4.25. The molecule has 0 saturated carbocycles. The molecule has 1 aliphatic rings. The molecular weight excluding hydrogens is 322 g/mol. The Hall–Kier alpha value is -0.350. The zero-order valence-electron chi connectivity index (χ0n) is 13.7. The lowest BCUT2D eigenvalue weighted by molar-refractivity contribution is 0.0885. The SMILES string of the molecule is CCCC1CN(Cc2ccc(F)cc2)C(C(C)C)CN1.Cl.Cl. The largest absolute Gasteiger partial charge is 0.311 e. The van der Waals surface area contributed by atoms with Crippen molar-refractivity contribution in [3.05, 3.63) is 35.6 Å². The van der Waals surface area contributed by atoms with E-state index in [1.807, 2.05) is 12.1 Å². The summed E-state index contributed by atoms with van der Waals surface area (Å²) in [5.74, 6) is 0.476. The van der Waals surface area contributed by atoms with Gasteiger partial charge in [0.15, 0.2) is 0 Å². The molecule has 1 saturated heterocycles. The van der Waals surface area contributed by atoms with Gasteiger partial charge < -0.3 is 5.32 Å². The van der Waals surface area contributed by atoms with Gasteiger partial charge in [0, 0.05) is 31.7 Å². The van der Waals surface area contributed by atoms with Crippen LogP contribution in [0.15, 0.2) is 24.3 Å². The fourth-order valence-electron chi connectivity index (χ4n) is 3.10. The average Bonchev–Trinajstić information content (AvgIpc) is 2.42. The monoisotopic (exact) mass is 350 g/mol. The summed E-state index contributed by atoms with van der Waals surface area (Å²) >= 11 is 0. The van der Waals surface area contributed by atoms with Gasteiger partial charge in [0.25, 0.3) is 0 Å². The Labute approximate surface area is 146 Å². The van der Waals surface area contributed by atoms with Gasteiger partial charge in [-0.15, -0.1) is 24.8 Å². The molecule has 0 radical (unpaired) electrons. The van der Waals surface area contributed by atoms with Crippen LogP contribution in [0.3, 0.4) is 0 Å². The van der Waals surface area contributed by atoms with Gasteiger partial charge in [-0.3, -0.25) is 4.90 Å². The van der Waals surface area contributed by atoms with E-state index in [9.17, 15) is 4.39 Å². The van der Waals surface area contributed by atoms with Gasteiger partial charge in [-0.2, -0.15) is 0 Å². The summed E-state index contributed by atoms with van der Waals surface area (Å²) in [6.07, 6.45) is 2.44. The molecule has 1 fully saturated rings. The molecule has 22 heavy (non-hydrogen) atoms. The van der Waals surface area contributed by atoms with Crippen molar-refractivity contribution >= 4 is 24.8 Å². The first-order valence-corrected chi connectivity index (χ1v) is 7.82. The highest BCUT2D eigenvalue weighted by Crippen LogP contribution is 2.20. The maximum Gasteiger partial charge on any atom is 0.123 e. The van der Waals surface area contributed by atoms with Crippen LogP contribution >= 0.6 is 24.8 Å². The Morgan fingerprint density at radius 1 is 1.23 bits per heavy atom. The van der Waals surface area contributed by atoms with E-state index in [1.54, 1.807) is 12.1 Å². The first kappa shape index (κ1) is 21.6. The Balaban J connectivity index is 0.00000220. The van der Waals surface area contributed by atoms with Crippen molar-refractivity contribution in [3.8, 4) is 0 Å². The van der Waals surface area contributed by atoms with Gasteiger partial charge in [-0.25, -0.2) is 4.39 Å². The second-order valence-electron chi connectivity index (χ2n) is 6.26. The highest BCUT2D eigenvalue weighted by Gasteiger charge is 2.29. The van der Waals surface area contributed by atoms with Gasteiger partial charge in [-0.05, 0) is 30.0 Å². The lowest BCUT2D eigenvalue weighted by atomic mass is 9.96. The summed E-state index contributed by atoms with van der Waals surface area (Å²) < 4.78 is 13.0. The van der Waals surface area contributed by atoms with Crippen LogP contribution in [-0.2, 0) is 6.54 Å². The van der Waals surface area contributed by atoms with Gasteiger partial charge in [-0.1, -0.05) is 39.3 Å². The lowest BCUT2D eigenvalue weighted by Gasteiger charge is -2.42. The maximum absolute atomic E-state index is 13.0. The van der Waals surface area contributed by atoms with E-state index in [0.29, 0.717) is 18.0 Å². The molecule has 0 amide bonds. The molecule has 1 aromatic carbocycles. The van der Waals surface area contributed by atoms with Crippen LogP contribution in [0, 0.1) is 11.7 Å². The minimum Gasteiger partial charge on any atom is -0.311 e. The Morgan fingerprint density at radius 2 is 1.86 bits per heavy atom. The van der Waals surface area contributed by atoms with Gasteiger partial charge in [0.1, 0.15) is 5.82 Å². The molecule has 2 nitrogen and oxygen atoms in total. The van der Waals surface area contributed by atoms with Crippen molar-refractivity contribution in [2.24, 2.45) is 5.92 Å². The number of nitrogens with zero attached hydrogens (tertiary/aromatic N) is 1. The Bertz CT molecular complexity index is 412. The molecule has 0 aromatic heterocycles. The minimum absolute atomic E-state index is 0. The molecule has 128 valence electrons. The quantitative estimate of drug-likeness (QED) is 0.852. The zero-order chi connectivity index (χ0) is 14.5. The summed E-state index contributed by atoms with van der Waals surface area (Å²) in [7, 11) is 0. The van der Waals surface area contributed by atoms with Crippen molar-refractivity contribution in [1.82, 2.24) is 10.2 Å². The zero-order valence-corrected chi connectivity index (χ0v) is 15.4. The third kappa shape index (κ3) is 6.04. The molecule has 2 atom stereocenters. The first-order valence-electron chi connectivity index (χ1n) is 7.82. The van der Waals surface area contributed by atoms with E-state index >= 15 is 0 Å². The van der Waals surface area contributed by atoms with E-state index in [1.165, 1.54) is 18.4 Å². The predicted molar refractivity (Wildman–Crippen MR) is 96.6 cm³/mol. The fourth-order valence-corrected chi connectivity index (χ4v) is 3.10. The van der Waals surface area contributed by atoms with Gasteiger partial charge >= 0.3 is 0 Å². The highest BCUT2D eigenvalue weighted by molar-refractivity contribution is 5.85. The summed E-state index contributed by atoms with van der Waals surface area (Å²) in [5, 5.41) is 3.67. The molecule has 1 aliphatic heterocycles. The summed E-state index contributed by atoms with van der Waals surface area (Å²) in [6.45, 7) is 9.87. The predicted octanol–water partition coefficient (Wildman–Crippen LogP) is 4.27. The Kier molecular flexibility index (Phi) is 10.3. The fraction of sp³-hybridized carbons (Fsp3) is 0.647. The first-order chi connectivity index (χ1) is 9.60. The molecule has 0 aliphatic carbocycles. The van der Waals surface area contributed by atoms with E-state index in [4.69, 9.17) is 0 Å². The number of hydrogen-bond acceptors (Lipinski definition) is 2. The smallest absolute Gasteiger partial charge is 0.123 e. The normalized spacial score (nSPS) is 22.0. The lowest BCUT2D eigenvalue weighted by Crippen LogP contribution is -2.57. The number of benzene rings is 1. The molecule has 1 aromatic rings. The third-order valence-electron chi connectivity index (χ3n) is 4.25. The summed E-state index contributed by atoms with van der Waals surface area (Å²) in [4.78, 5) is 2.56. The second-order valence-corrected chi connectivity index (χ2v) is 6.26. The molecule has 1 heterocycles. The van der Waals surface area contributed by atoms with Crippen LogP contribution in [0.25, 0.3) is 0 Å². The van der Waals surface area contributed by atoms with Crippen molar-refractivity contribution in [3.63, 3.8) is 0 Å². The van der Waals surface area contributed by atoms with Crippen molar-refractivity contribution in [2.75, 3.05) is 13.1 Å². The number of rotatable bonds is 5. The molecule has 2 rings (SSSR count). The van der Waals surface area contributed by atoms with Crippen molar-refractivity contribution < 1.29 is 4.39 Å². The molecule has 5 heteroatoms. The van der Waals surface area contributed by atoms with E-state index in [2.05, 4.69) is 31.0 Å². The standard InChI is InChI=1S/C17H27FN2.2ClH/c1-4-5-16-12-20(17(10-19-16)13(2)3)11-14-6-8-15(18)9-7-14;;/h6-9,13,16-17,19H,4-5,10-12H2,1-3H3;2*1H. The van der Waals surface area contributed by atoms with Crippen LogP contribution in [0.2, 0.25) is 0 Å². The summed E-state index contributed by atoms with van der Waals surface area (Å²) in [6, 6.07) is 8.09. The van der Waals surface area contributed by atoms with Gasteiger partial charge in [0.05, 0.1) is 0 Å².